The SMILES string of the molecule is O=C(NCc1cccnc1)Nc1ccc(S(=O)(=O)CCc2ccc(F)cc2)cc1. The molecule has 3 rings (SSSR count). The van der Waals surface area contributed by atoms with E-state index >= 15 is 0 Å². The molecule has 2 aromatic carbocycles. The monoisotopic (exact) mass is 413 g/mol. The van der Waals surface area contributed by atoms with Crippen LogP contribution in [0.5, 0.6) is 0 Å². The van der Waals surface area contributed by atoms with Crippen LogP contribution in [0.25, 0.3) is 0 Å². The molecule has 150 valence electrons. The molecule has 1 heterocycles. The van der Waals surface area contributed by atoms with E-state index in [2.05, 4.69) is 15.6 Å². The molecule has 0 unspecified atom stereocenters. The maximum Gasteiger partial charge on any atom is 0.319 e. The van der Waals surface area contributed by atoms with E-state index in [1.165, 1.54) is 36.4 Å². The van der Waals surface area contributed by atoms with Gasteiger partial charge >= 0.3 is 6.03 Å². The largest absolute Gasteiger partial charge is 0.334 e. The summed E-state index contributed by atoms with van der Waals surface area (Å²) in [5, 5.41) is 5.35. The van der Waals surface area contributed by atoms with Crippen molar-refractivity contribution < 1.29 is 17.6 Å². The van der Waals surface area contributed by atoms with Crippen molar-refractivity contribution in [1.29, 1.82) is 0 Å². The summed E-state index contributed by atoms with van der Waals surface area (Å²) >= 11 is 0. The minimum atomic E-state index is -3.49. The second-order valence-corrected chi connectivity index (χ2v) is 8.50. The van der Waals surface area contributed by atoms with E-state index < -0.39 is 15.9 Å². The fraction of sp³-hybridized carbons (Fsp3) is 0.143. The first kappa shape index (κ1) is 20.5. The van der Waals surface area contributed by atoms with Gasteiger partial charge in [0.15, 0.2) is 9.84 Å². The zero-order chi connectivity index (χ0) is 20.7. The normalized spacial score (nSPS) is 11.1. The highest BCUT2D eigenvalue weighted by atomic mass is 32.2. The minimum Gasteiger partial charge on any atom is -0.334 e. The van der Waals surface area contributed by atoms with Gasteiger partial charge in [0, 0.05) is 24.6 Å². The smallest absolute Gasteiger partial charge is 0.319 e. The molecule has 1 aromatic heterocycles. The Balaban J connectivity index is 1.54. The van der Waals surface area contributed by atoms with Gasteiger partial charge < -0.3 is 10.6 Å². The number of hydrogen-bond acceptors (Lipinski definition) is 4. The lowest BCUT2D eigenvalue weighted by Crippen LogP contribution is -2.28. The average molecular weight is 413 g/mol. The molecule has 0 atom stereocenters. The third-order valence-electron chi connectivity index (χ3n) is 4.22. The number of amides is 2. The molecule has 0 fully saturated rings. The highest BCUT2D eigenvalue weighted by Crippen LogP contribution is 2.17. The number of carbonyl (C=O) groups is 1. The number of benzene rings is 2. The maximum absolute atomic E-state index is 12.9. The van der Waals surface area contributed by atoms with Crippen molar-refractivity contribution >= 4 is 21.6 Å². The summed E-state index contributed by atoms with van der Waals surface area (Å²) in [4.78, 5) is 16.1. The summed E-state index contributed by atoms with van der Waals surface area (Å²) in [6.45, 7) is 0.329. The summed E-state index contributed by atoms with van der Waals surface area (Å²) in [7, 11) is -3.49. The average Bonchev–Trinajstić information content (AvgIpc) is 2.73. The maximum atomic E-state index is 12.9. The van der Waals surface area contributed by atoms with E-state index in [-0.39, 0.29) is 16.5 Å². The number of carbonyl (C=O) groups excluding carboxylic acids is 1. The lowest BCUT2D eigenvalue weighted by atomic mass is 10.2. The molecular formula is C21H20FN3O3S. The van der Waals surface area contributed by atoms with E-state index in [1.54, 1.807) is 30.6 Å². The molecule has 6 nitrogen and oxygen atoms in total. The highest BCUT2D eigenvalue weighted by Gasteiger charge is 2.15. The summed E-state index contributed by atoms with van der Waals surface area (Å²) in [6.07, 6.45) is 3.60. The van der Waals surface area contributed by atoms with Crippen molar-refractivity contribution in [3.63, 3.8) is 0 Å². The number of halogens is 1. The quantitative estimate of drug-likeness (QED) is 0.620. The van der Waals surface area contributed by atoms with Crippen molar-refractivity contribution in [3.05, 3.63) is 90.0 Å². The van der Waals surface area contributed by atoms with E-state index in [1.807, 2.05) is 6.07 Å². The Morgan fingerprint density at radius 2 is 1.69 bits per heavy atom. The summed E-state index contributed by atoms with van der Waals surface area (Å²) in [5.41, 5.74) is 2.09. The van der Waals surface area contributed by atoms with Crippen LogP contribution in [0, 0.1) is 5.82 Å². The first-order valence-electron chi connectivity index (χ1n) is 8.93. The van der Waals surface area contributed by atoms with Crippen molar-refractivity contribution in [1.82, 2.24) is 10.3 Å². The zero-order valence-electron chi connectivity index (χ0n) is 15.5. The number of urea groups is 1. The van der Waals surface area contributed by atoms with E-state index in [0.717, 1.165) is 11.1 Å². The van der Waals surface area contributed by atoms with Crippen molar-refractivity contribution in [2.45, 2.75) is 17.9 Å². The van der Waals surface area contributed by atoms with Crippen LogP contribution in [0.2, 0.25) is 0 Å². The van der Waals surface area contributed by atoms with Gasteiger partial charge in [-0.05, 0) is 60.0 Å². The van der Waals surface area contributed by atoms with Gasteiger partial charge in [0.25, 0.3) is 0 Å². The molecule has 2 amide bonds. The van der Waals surface area contributed by atoms with Crippen LogP contribution in [0.1, 0.15) is 11.1 Å². The fourth-order valence-electron chi connectivity index (χ4n) is 2.63. The summed E-state index contributed by atoms with van der Waals surface area (Å²) in [6, 6.07) is 15.0. The lowest BCUT2D eigenvalue weighted by Gasteiger charge is -2.09. The van der Waals surface area contributed by atoms with E-state index in [4.69, 9.17) is 0 Å². The number of aromatic nitrogens is 1. The van der Waals surface area contributed by atoms with E-state index in [9.17, 15) is 17.6 Å². The first-order valence-corrected chi connectivity index (χ1v) is 10.6. The van der Waals surface area contributed by atoms with Crippen LogP contribution in [-0.4, -0.2) is 25.2 Å². The Kier molecular flexibility index (Phi) is 6.56. The minimum absolute atomic E-state index is 0.0863. The van der Waals surface area contributed by atoms with Crippen LogP contribution in [0.15, 0.2) is 78.0 Å². The third-order valence-corrected chi connectivity index (χ3v) is 5.95. The molecule has 8 heteroatoms. The molecule has 0 bridgehead atoms. The predicted molar refractivity (Wildman–Crippen MR) is 109 cm³/mol. The second-order valence-electron chi connectivity index (χ2n) is 6.39. The number of aryl methyl sites for hydroxylation is 1. The van der Waals surface area contributed by atoms with Gasteiger partial charge in [-0.15, -0.1) is 0 Å². The Morgan fingerprint density at radius 1 is 0.966 bits per heavy atom. The molecule has 0 saturated carbocycles. The molecule has 0 saturated heterocycles. The number of nitrogens with zero attached hydrogens (tertiary/aromatic N) is 1. The van der Waals surface area contributed by atoms with Gasteiger partial charge in [0.1, 0.15) is 5.82 Å². The molecule has 3 aromatic rings. The Hall–Kier alpha value is -3.26. The summed E-state index contributed by atoms with van der Waals surface area (Å²) < 4.78 is 37.9. The molecule has 0 aliphatic heterocycles. The number of sulfone groups is 1. The highest BCUT2D eigenvalue weighted by molar-refractivity contribution is 7.91. The fourth-order valence-corrected chi connectivity index (χ4v) is 3.92. The number of anilines is 1. The Bertz CT molecular complexity index is 1050. The van der Waals surface area contributed by atoms with Gasteiger partial charge in [-0.25, -0.2) is 17.6 Å². The number of nitrogens with one attached hydrogen (secondary N) is 2. The van der Waals surface area contributed by atoms with Crippen molar-refractivity contribution in [2.75, 3.05) is 11.1 Å². The van der Waals surface area contributed by atoms with E-state index in [0.29, 0.717) is 18.7 Å². The topological polar surface area (TPSA) is 88.2 Å². The molecule has 2 N–H and O–H groups in total. The third kappa shape index (κ3) is 6.11. The second kappa shape index (κ2) is 9.29. The van der Waals surface area contributed by atoms with Gasteiger partial charge in [0.2, 0.25) is 0 Å². The van der Waals surface area contributed by atoms with Crippen molar-refractivity contribution in [3.8, 4) is 0 Å². The first-order chi connectivity index (χ1) is 13.9. The van der Waals surface area contributed by atoms with Gasteiger partial charge in [-0.3, -0.25) is 4.98 Å². The summed E-state index contributed by atoms with van der Waals surface area (Å²) in [5.74, 6) is -0.444. The van der Waals surface area contributed by atoms with Crippen LogP contribution in [0.3, 0.4) is 0 Å². The zero-order valence-corrected chi connectivity index (χ0v) is 16.3. The Morgan fingerprint density at radius 3 is 2.34 bits per heavy atom. The molecule has 0 aliphatic carbocycles. The molecule has 0 radical (unpaired) electrons. The molecule has 0 aliphatic rings. The number of pyridine rings is 1. The van der Waals surface area contributed by atoms with Gasteiger partial charge in [-0.1, -0.05) is 18.2 Å². The molecule has 0 spiro atoms. The lowest BCUT2D eigenvalue weighted by molar-refractivity contribution is 0.251. The van der Waals surface area contributed by atoms with Gasteiger partial charge in [0.05, 0.1) is 10.6 Å². The predicted octanol–water partition coefficient (Wildman–Crippen LogP) is 3.56. The standard InChI is InChI=1S/C21H20FN3O3S/c22-18-5-3-16(4-6-18)11-13-29(27,28)20-9-7-19(8-10-20)25-21(26)24-15-17-2-1-12-23-14-17/h1-10,12,14H,11,13,15H2,(H2,24,25,26). The number of hydrogen-bond donors (Lipinski definition) is 2. The van der Waals surface area contributed by atoms with Crippen LogP contribution >= 0.6 is 0 Å². The van der Waals surface area contributed by atoms with Gasteiger partial charge in [-0.2, -0.15) is 0 Å². The van der Waals surface area contributed by atoms with Crippen LogP contribution in [0.4, 0.5) is 14.9 Å². The van der Waals surface area contributed by atoms with Crippen LogP contribution < -0.4 is 10.6 Å². The molecular weight excluding hydrogens is 393 g/mol. The van der Waals surface area contributed by atoms with Crippen LogP contribution in [-0.2, 0) is 22.8 Å². The number of rotatable bonds is 7. The Labute approximate surface area is 168 Å². The van der Waals surface area contributed by atoms with Crippen molar-refractivity contribution in [2.24, 2.45) is 0 Å². The molecule has 29 heavy (non-hydrogen) atoms.